The number of hydrogen-bond acceptors (Lipinski definition) is 4. The van der Waals surface area contributed by atoms with Crippen molar-refractivity contribution in [1.82, 2.24) is 5.01 Å². The van der Waals surface area contributed by atoms with Crippen LogP contribution in [-0.2, 0) is 9.59 Å². The minimum atomic E-state index is -0.979. The van der Waals surface area contributed by atoms with Crippen LogP contribution in [0.3, 0.4) is 0 Å². The lowest BCUT2D eigenvalue weighted by molar-refractivity contribution is -0.141. The Morgan fingerprint density at radius 2 is 2.00 bits per heavy atom. The van der Waals surface area contributed by atoms with Crippen LogP contribution in [0.2, 0.25) is 0 Å². The standard InChI is InChI=1S/C17H15BrN2O3S/c18-12-5-3-11(4-6-12)13-10-14(15-2-1-9-24-15)20(19-13)16(21)7-8-17(22)23/h1-6,9,14H,7-8,10H2,(H,22,23)/t14-/m1/s1. The van der Waals surface area contributed by atoms with Gasteiger partial charge in [-0.2, -0.15) is 5.10 Å². The van der Waals surface area contributed by atoms with Crippen molar-refractivity contribution in [3.8, 4) is 0 Å². The molecule has 0 saturated heterocycles. The molecule has 7 heteroatoms. The van der Waals surface area contributed by atoms with Crippen molar-refractivity contribution in [2.45, 2.75) is 25.3 Å². The second-order valence-corrected chi connectivity index (χ2v) is 7.32. The van der Waals surface area contributed by atoms with Gasteiger partial charge in [-0.1, -0.05) is 34.1 Å². The molecule has 0 saturated carbocycles. The summed E-state index contributed by atoms with van der Waals surface area (Å²) >= 11 is 4.98. The van der Waals surface area contributed by atoms with Crippen LogP contribution in [-0.4, -0.2) is 27.7 Å². The number of carboxylic acid groups (broad SMARTS) is 1. The summed E-state index contributed by atoms with van der Waals surface area (Å²) in [5, 5.41) is 16.7. The first-order chi connectivity index (χ1) is 11.5. The fraction of sp³-hybridized carbons (Fsp3) is 0.235. The molecule has 1 aromatic heterocycles. The molecule has 1 aliphatic heterocycles. The molecule has 0 bridgehead atoms. The van der Waals surface area contributed by atoms with Crippen molar-refractivity contribution in [2.24, 2.45) is 5.10 Å². The number of carbonyl (C=O) groups is 2. The lowest BCUT2D eigenvalue weighted by Gasteiger charge is -2.20. The first kappa shape index (κ1) is 16.9. The van der Waals surface area contributed by atoms with Gasteiger partial charge < -0.3 is 5.11 Å². The molecule has 1 N–H and O–H groups in total. The van der Waals surface area contributed by atoms with Crippen molar-refractivity contribution in [2.75, 3.05) is 0 Å². The highest BCUT2D eigenvalue weighted by Gasteiger charge is 2.33. The van der Waals surface area contributed by atoms with Crippen molar-refractivity contribution in [1.29, 1.82) is 0 Å². The van der Waals surface area contributed by atoms with Crippen LogP contribution in [0.15, 0.2) is 51.4 Å². The van der Waals surface area contributed by atoms with E-state index in [2.05, 4.69) is 21.0 Å². The number of amides is 1. The molecule has 3 rings (SSSR count). The molecule has 2 heterocycles. The van der Waals surface area contributed by atoms with Gasteiger partial charge in [-0.15, -0.1) is 11.3 Å². The van der Waals surface area contributed by atoms with E-state index in [-0.39, 0.29) is 24.8 Å². The summed E-state index contributed by atoms with van der Waals surface area (Å²) in [5.41, 5.74) is 1.80. The van der Waals surface area contributed by atoms with Gasteiger partial charge in [0.25, 0.3) is 0 Å². The second-order valence-electron chi connectivity index (χ2n) is 5.42. The molecular weight excluding hydrogens is 392 g/mol. The topological polar surface area (TPSA) is 70.0 Å². The van der Waals surface area contributed by atoms with Gasteiger partial charge in [0.1, 0.15) is 0 Å². The van der Waals surface area contributed by atoms with Crippen molar-refractivity contribution >= 4 is 44.9 Å². The van der Waals surface area contributed by atoms with Crippen molar-refractivity contribution < 1.29 is 14.7 Å². The van der Waals surface area contributed by atoms with E-state index in [1.807, 2.05) is 41.8 Å². The van der Waals surface area contributed by atoms with Gasteiger partial charge in [-0.25, -0.2) is 5.01 Å². The lowest BCUT2D eigenvalue weighted by Crippen LogP contribution is -2.26. The fourth-order valence-electron chi connectivity index (χ4n) is 2.59. The minimum absolute atomic E-state index is 0.0473. The highest BCUT2D eigenvalue weighted by Crippen LogP contribution is 2.35. The van der Waals surface area contributed by atoms with Crippen LogP contribution in [0.25, 0.3) is 0 Å². The molecule has 1 aromatic carbocycles. The number of hydrazone groups is 1. The van der Waals surface area contributed by atoms with Crippen LogP contribution >= 0.6 is 27.3 Å². The Morgan fingerprint density at radius 3 is 2.62 bits per heavy atom. The van der Waals surface area contributed by atoms with Gasteiger partial charge in [0, 0.05) is 22.2 Å². The van der Waals surface area contributed by atoms with Crippen LogP contribution < -0.4 is 0 Å². The number of carbonyl (C=O) groups excluding carboxylic acids is 1. The van der Waals surface area contributed by atoms with Gasteiger partial charge in [0.15, 0.2) is 0 Å². The third-order valence-corrected chi connectivity index (χ3v) is 5.27. The lowest BCUT2D eigenvalue weighted by atomic mass is 10.0. The van der Waals surface area contributed by atoms with Gasteiger partial charge in [-0.3, -0.25) is 9.59 Å². The monoisotopic (exact) mass is 406 g/mol. The predicted octanol–water partition coefficient (Wildman–Crippen LogP) is 4.05. The third-order valence-electron chi connectivity index (χ3n) is 3.77. The maximum absolute atomic E-state index is 12.4. The van der Waals surface area contributed by atoms with Gasteiger partial charge in [-0.05, 0) is 29.1 Å². The Labute approximate surface area is 151 Å². The molecule has 0 aliphatic carbocycles. The summed E-state index contributed by atoms with van der Waals surface area (Å²) in [7, 11) is 0. The van der Waals surface area contributed by atoms with Gasteiger partial charge in [0.2, 0.25) is 5.91 Å². The van der Waals surface area contributed by atoms with E-state index in [1.54, 1.807) is 11.3 Å². The molecule has 0 radical (unpaired) electrons. The molecule has 124 valence electrons. The normalized spacial score (nSPS) is 17.0. The number of hydrogen-bond donors (Lipinski definition) is 1. The molecule has 24 heavy (non-hydrogen) atoms. The zero-order valence-corrected chi connectivity index (χ0v) is 15.1. The third kappa shape index (κ3) is 3.73. The molecule has 2 aromatic rings. The average molecular weight is 407 g/mol. The molecule has 1 aliphatic rings. The highest BCUT2D eigenvalue weighted by molar-refractivity contribution is 9.10. The molecule has 0 fully saturated rings. The summed E-state index contributed by atoms with van der Waals surface area (Å²) in [5.74, 6) is -1.24. The summed E-state index contributed by atoms with van der Waals surface area (Å²) < 4.78 is 0.981. The summed E-state index contributed by atoms with van der Waals surface area (Å²) in [6, 6.07) is 11.5. The fourth-order valence-corrected chi connectivity index (χ4v) is 3.66. The number of carboxylic acids is 1. The molecule has 0 spiro atoms. The highest BCUT2D eigenvalue weighted by atomic mass is 79.9. The Bertz CT molecular complexity index is 772. The molecule has 0 unspecified atom stereocenters. The van der Waals surface area contributed by atoms with Crippen LogP contribution in [0, 0.1) is 0 Å². The molecule has 1 atom stereocenters. The number of thiophene rings is 1. The number of aliphatic carboxylic acids is 1. The smallest absolute Gasteiger partial charge is 0.303 e. The first-order valence-electron chi connectivity index (χ1n) is 7.45. The van der Waals surface area contributed by atoms with E-state index in [4.69, 9.17) is 5.11 Å². The predicted molar refractivity (Wildman–Crippen MR) is 96.1 cm³/mol. The zero-order chi connectivity index (χ0) is 17.1. The SMILES string of the molecule is O=C(O)CCC(=O)N1N=C(c2ccc(Br)cc2)C[C@@H]1c1cccs1. The minimum Gasteiger partial charge on any atom is -0.481 e. The van der Waals surface area contributed by atoms with Crippen molar-refractivity contribution in [3.63, 3.8) is 0 Å². The van der Waals surface area contributed by atoms with Gasteiger partial charge >= 0.3 is 5.97 Å². The van der Waals surface area contributed by atoms with E-state index in [0.29, 0.717) is 6.42 Å². The van der Waals surface area contributed by atoms with E-state index in [0.717, 1.165) is 20.6 Å². The molecule has 1 amide bonds. The van der Waals surface area contributed by atoms with Crippen molar-refractivity contribution in [3.05, 3.63) is 56.7 Å². The van der Waals surface area contributed by atoms with Crippen LogP contribution in [0.1, 0.15) is 35.7 Å². The number of rotatable bonds is 5. The van der Waals surface area contributed by atoms with Crippen LogP contribution in [0.5, 0.6) is 0 Å². The summed E-state index contributed by atoms with van der Waals surface area (Å²) in [6.07, 6.45) is 0.394. The Hall–Kier alpha value is -1.99. The van der Waals surface area contributed by atoms with Crippen LogP contribution in [0.4, 0.5) is 0 Å². The maximum Gasteiger partial charge on any atom is 0.303 e. The molecule has 5 nitrogen and oxygen atoms in total. The van der Waals surface area contributed by atoms with E-state index in [1.165, 1.54) is 5.01 Å². The van der Waals surface area contributed by atoms with E-state index >= 15 is 0 Å². The number of halogens is 1. The molecular formula is C17H15BrN2O3S. The number of nitrogens with zero attached hydrogens (tertiary/aromatic N) is 2. The zero-order valence-electron chi connectivity index (χ0n) is 12.7. The summed E-state index contributed by atoms with van der Waals surface area (Å²) in [4.78, 5) is 24.2. The quantitative estimate of drug-likeness (QED) is 0.813. The number of benzene rings is 1. The van der Waals surface area contributed by atoms with E-state index in [9.17, 15) is 9.59 Å². The van der Waals surface area contributed by atoms with Gasteiger partial charge in [0.05, 0.1) is 18.2 Å². The Morgan fingerprint density at radius 1 is 1.25 bits per heavy atom. The Kier molecular flexibility index (Phi) is 5.11. The largest absolute Gasteiger partial charge is 0.481 e. The van der Waals surface area contributed by atoms with E-state index < -0.39 is 5.97 Å². The average Bonchev–Trinajstić information content (AvgIpc) is 3.22. The first-order valence-corrected chi connectivity index (χ1v) is 9.12. The second kappa shape index (κ2) is 7.27. The Balaban J connectivity index is 1.86. The summed E-state index contributed by atoms with van der Waals surface area (Å²) in [6.45, 7) is 0. The maximum atomic E-state index is 12.4.